The first kappa shape index (κ1) is 17.4. The van der Waals surface area contributed by atoms with Crippen LogP contribution in [0.25, 0.3) is 10.2 Å². The second kappa shape index (κ2) is 7.32. The summed E-state index contributed by atoms with van der Waals surface area (Å²) in [5.41, 5.74) is 4.08. The Morgan fingerprint density at radius 2 is 2.07 bits per heavy atom. The molecule has 1 amide bonds. The van der Waals surface area contributed by atoms with E-state index < -0.39 is 5.91 Å². The van der Waals surface area contributed by atoms with Crippen molar-refractivity contribution in [3.8, 4) is 5.75 Å². The average molecular weight is 382 g/mol. The number of carbonyl (C=O) groups excluding carboxylic acids is 1. The van der Waals surface area contributed by atoms with E-state index in [1.54, 1.807) is 23.5 Å². The van der Waals surface area contributed by atoms with Crippen LogP contribution in [0, 0.1) is 0 Å². The van der Waals surface area contributed by atoms with Crippen LogP contribution in [0.1, 0.15) is 28.8 Å². The van der Waals surface area contributed by atoms with Gasteiger partial charge in [-0.2, -0.15) is 5.10 Å². The summed E-state index contributed by atoms with van der Waals surface area (Å²) in [6, 6.07) is 6.41. The zero-order chi connectivity index (χ0) is 18.8. The van der Waals surface area contributed by atoms with E-state index in [1.807, 2.05) is 0 Å². The summed E-state index contributed by atoms with van der Waals surface area (Å²) in [5.74, 6) is -0.244. The molecule has 0 saturated carbocycles. The number of fused-ring (bicyclic) bond motifs is 3. The van der Waals surface area contributed by atoms with Gasteiger partial charge in [0, 0.05) is 4.88 Å². The molecule has 0 atom stereocenters. The molecule has 2 N–H and O–H groups in total. The van der Waals surface area contributed by atoms with Gasteiger partial charge in [0.15, 0.2) is 0 Å². The summed E-state index contributed by atoms with van der Waals surface area (Å²) >= 11 is 1.59. The Morgan fingerprint density at radius 3 is 2.89 bits per heavy atom. The Labute approximate surface area is 159 Å². The highest BCUT2D eigenvalue weighted by Crippen LogP contribution is 2.33. The highest BCUT2D eigenvalue weighted by atomic mass is 32.1. The number of aryl methyl sites for hydroxylation is 2. The average Bonchev–Trinajstić information content (AvgIpc) is 3.05. The molecule has 0 fully saturated rings. The lowest BCUT2D eigenvalue weighted by Gasteiger charge is -2.10. The first-order chi connectivity index (χ1) is 13.1. The summed E-state index contributed by atoms with van der Waals surface area (Å²) < 4.78 is 1.33. The van der Waals surface area contributed by atoms with Crippen LogP contribution >= 0.6 is 11.3 Å². The molecule has 0 unspecified atom stereocenters. The number of thiophene rings is 1. The lowest BCUT2D eigenvalue weighted by atomic mass is 9.97. The van der Waals surface area contributed by atoms with Crippen molar-refractivity contribution in [3.05, 3.63) is 57.0 Å². The summed E-state index contributed by atoms with van der Waals surface area (Å²) in [5, 5.41) is 13.8. The van der Waals surface area contributed by atoms with Crippen molar-refractivity contribution in [1.29, 1.82) is 0 Å². The SMILES string of the molecule is O=C(Cn1cnc2sc3c(c2c1=O)CCCC3)NN=Cc1ccc(O)cc1. The minimum Gasteiger partial charge on any atom is -0.508 e. The molecule has 0 radical (unpaired) electrons. The Kier molecular flexibility index (Phi) is 4.72. The van der Waals surface area contributed by atoms with Gasteiger partial charge in [0.1, 0.15) is 17.1 Å². The van der Waals surface area contributed by atoms with Crippen LogP contribution in [0.4, 0.5) is 0 Å². The summed E-state index contributed by atoms with van der Waals surface area (Å²) in [7, 11) is 0. The van der Waals surface area contributed by atoms with Gasteiger partial charge in [0.25, 0.3) is 11.5 Å². The second-order valence-corrected chi connectivity index (χ2v) is 7.54. The zero-order valence-corrected chi connectivity index (χ0v) is 15.3. The molecule has 0 spiro atoms. The minimum atomic E-state index is -0.405. The number of hydrogen-bond donors (Lipinski definition) is 2. The van der Waals surface area contributed by atoms with Crippen LogP contribution in [0.3, 0.4) is 0 Å². The lowest BCUT2D eigenvalue weighted by molar-refractivity contribution is -0.121. The highest BCUT2D eigenvalue weighted by Gasteiger charge is 2.20. The van der Waals surface area contributed by atoms with Gasteiger partial charge in [-0.25, -0.2) is 10.4 Å². The first-order valence-electron chi connectivity index (χ1n) is 8.72. The predicted molar refractivity (Wildman–Crippen MR) is 104 cm³/mol. The normalized spacial score (nSPS) is 13.8. The Balaban J connectivity index is 1.49. The maximum atomic E-state index is 12.8. The number of nitrogens with one attached hydrogen (secondary N) is 1. The molecular weight excluding hydrogens is 364 g/mol. The Hall–Kier alpha value is -3.00. The number of hydrogen-bond acceptors (Lipinski definition) is 6. The molecule has 1 aromatic carbocycles. The maximum absolute atomic E-state index is 12.8. The van der Waals surface area contributed by atoms with Crippen molar-refractivity contribution < 1.29 is 9.90 Å². The molecule has 8 heteroatoms. The van der Waals surface area contributed by atoms with Crippen LogP contribution < -0.4 is 11.0 Å². The van der Waals surface area contributed by atoms with Crippen molar-refractivity contribution in [1.82, 2.24) is 15.0 Å². The minimum absolute atomic E-state index is 0.140. The van der Waals surface area contributed by atoms with Gasteiger partial charge in [-0.1, -0.05) is 0 Å². The number of aromatic hydroxyl groups is 1. The number of phenolic OH excluding ortho intramolecular Hbond substituents is 1. The van der Waals surface area contributed by atoms with E-state index >= 15 is 0 Å². The molecule has 2 aromatic heterocycles. The van der Waals surface area contributed by atoms with Crippen molar-refractivity contribution in [2.24, 2.45) is 5.10 Å². The molecule has 3 aromatic rings. The van der Waals surface area contributed by atoms with E-state index in [0.29, 0.717) is 5.39 Å². The van der Waals surface area contributed by atoms with Crippen molar-refractivity contribution in [3.63, 3.8) is 0 Å². The molecule has 1 aliphatic carbocycles. The molecular formula is C19H18N4O3S. The van der Waals surface area contributed by atoms with Gasteiger partial charge in [0.2, 0.25) is 0 Å². The number of carbonyl (C=O) groups is 1. The van der Waals surface area contributed by atoms with Gasteiger partial charge < -0.3 is 5.11 Å². The fourth-order valence-electron chi connectivity index (χ4n) is 3.22. The number of rotatable bonds is 4. The molecule has 1 aliphatic rings. The van der Waals surface area contributed by atoms with Gasteiger partial charge in [0.05, 0.1) is 17.9 Å². The maximum Gasteiger partial charge on any atom is 0.262 e. The number of aromatic nitrogens is 2. The number of amides is 1. The third-order valence-electron chi connectivity index (χ3n) is 4.55. The Bertz CT molecular complexity index is 1080. The number of hydrazone groups is 1. The van der Waals surface area contributed by atoms with Crippen LogP contribution in [-0.4, -0.2) is 26.8 Å². The molecule has 7 nitrogen and oxygen atoms in total. The molecule has 0 bridgehead atoms. The molecule has 0 aliphatic heterocycles. The standard InChI is InChI=1S/C19H18N4O3S/c24-13-7-5-12(6-8-13)9-21-22-16(25)10-23-11-20-18-17(19(23)26)14-3-1-2-4-15(14)27-18/h5-9,11,24H,1-4,10H2,(H,22,25). The molecule has 2 heterocycles. The highest BCUT2D eigenvalue weighted by molar-refractivity contribution is 7.18. The lowest BCUT2D eigenvalue weighted by Crippen LogP contribution is -2.30. The number of phenols is 1. The quantitative estimate of drug-likeness (QED) is 0.534. The van der Waals surface area contributed by atoms with Gasteiger partial charge in [-0.3, -0.25) is 14.2 Å². The van der Waals surface area contributed by atoms with Gasteiger partial charge >= 0.3 is 0 Å². The summed E-state index contributed by atoms with van der Waals surface area (Å²) in [6.45, 7) is -0.140. The third kappa shape index (κ3) is 3.61. The van der Waals surface area contributed by atoms with Gasteiger partial charge in [-0.05, 0) is 61.1 Å². The van der Waals surface area contributed by atoms with Crippen LogP contribution in [0.5, 0.6) is 5.75 Å². The smallest absolute Gasteiger partial charge is 0.262 e. The number of nitrogens with zero attached hydrogens (tertiary/aromatic N) is 3. The van der Waals surface area contributed by atoms with Crippen LogP contribution in [0.2, 0.25) is 0 Å². The van der Waals surface area contributed by atoms with E-state index in [-0.39, 0.29) is 17.9 Å². The number of benzene rings is 1. The van der Waals surface area contributed by atoms with Crippen LogP contribution in [0.15, 0.2) is 40.5 Å². The fourth-order valence-corrected chi connectivity index (χ4v) is 4.44. The van der Waals surface area contributed by atoms with Crippen molar-refractivity contribution in [2.75, 3.05) is 0 Å². The van der Waals surface area contributed by atoms with E-state index in [1.165, 1.54) is 34.1 Å². The molecule has 138 valence electrons. The van der Waals surface area contributed by atoms with Crippen LogP contribution in [-0.2, 0) is 24.2 Å². The summed E-state index contributed by atoms with van der Waals surface area (Å²) in [6.07, 6.45) is 7.03. The third-order valence-corrected chi connectivity index (χ3v) is 5.75. The Morgan fingerprint density at radius 1 is 1.30 bits per heavy atom. The molecule has 4 rings (SSSR count). The first-order valence-corrected chi connectivity index (χ1v) is 9.54. The molecule has 27 heavy (non-hydrogen) atoms. The largest absolute Gasteiger partial charge is 0.508 e. The zero-order valence-electron chi connectivity index (χ0n) is 14.5. The van der Waals surface area contributed by atoms with E-state index in [2.05, 4.69) is 15.5 Å². The van der Waals surface area contributed by atoms with Crippen molar-refractivity contribution >= 4 is 33.7 Å². The monoisotopic (exact) mass is 382 g/mol. The van der Waals surface area contributed by atoms with Crippen molar-refractivity contribution in [2.45, 2.75) is 32.2 Å². The summed E-state index contributed by atoms with van der Waals surface area (Å²) in [4.78, 5) is 31.3. The topological polar surface area (TPSA) is 96.6 Å². The molecule has 0 saturated heterocycles. The predicted octanol–water partition coefficient (Wildman–Crippen LogP) is 2.19. The van der Waals surface area contributed by atoms with E-state index in [9.17, 15) is 14.7 Å². The second-order valence-electron chi connectivity index (χ2n) is 6.45. The van der Waals surface area contributed by atoms with E-state index in [4.69, 9.17) is 0 Å². The fraction of sp³-hybridized carbons (Fsp3) is 0.263. The van der Waals surface area contributed by atoms with Gasteiger partial charge in [-0.15, -0.1) is 11.3 Å². The van der Waals surface area contributed by atoms with E-state index in [0.717, 1.165) is 41.6 Å².